The van der Waals surface area contributed by atoms with E-state index in [-0.39, 0.29) is 6.04 Å². The fourth-order valence-electron chi connectivity index (χ4n) is 2.39. The smallest absolute Gasteiger partial charge is 0.111 e. The monoisotopic (exact) mass is 360 g/mol. The summed E-state index contributed by atoms with van der Waals surface area (Å²) in [5.41, 5.74) is 2.42. The zero-order valence-electron chi connectivity index (χ0n) is 11.8. The van der Waals surface area contributed by atoms with Crippen LogP contribution < -0.4 is 5.32 Å². The Morgan fingerprint density at radius 3 is 2.62 bits per heavy atom. The summed E-state index contributed by atoms with van der Waals surface area (Å²) in [7, 11) is 0. The molecule has 1 atom stereocenters. The molecule has 1 N–H and O–H groups in total. The van der Waals surface area contributed by atoms with E-state index in [0.717, 1.165) is 23.0 Å². The van der Waals surface area contributed by atoms with E-state index < -0.39 is 0 Å². The maximum atomic E-state index is 4.79. The molecule has 0 bridgehead atoms. The topological polar surface area (TPSA) is 24.9 Å². The lowest BCUT2D eigenvalue weighted by Gasteiger charge is -2.15. The van der Waals surface area contributed by atoms with Crippen LogP contribution >= 0.6 is 27.3 Å². The van der Waals surface area contributed by atoms with Crippen LogP contribution in [0.25, 0.3) is 10.2 Å². The molecule has 108 valence electrons. The summed E-state index contributed by atoms with van der Waals surface area (Å²) >= 11 is 5.27. The first kappa shape index (κ1) is 14.7. The van der Waals surface area contributed by atoms with Gasteiger partial charge in [0.05, 0.1) is 16.3 Å². The number of benzene rings is 2. The lowest BCUT2D eigenvalue weighted by atomic mass is 10.1. The zero-order chi connectivity index (χ0) is 14.7. The fourth-order valence-corrected chi connectivity index (χ4v) is 3.70. The third-order valence-corrected chi connectivity index (χ3v) is 5.09. The van der Waals surface area contributed by atoms with E-state index in [1.165, 1.54) is 15.3 Å². The maximum absolute atomic E-state index is 4.79. The highest BCUT2D eigenvalue weighted by atomic mass is 79.9. The quantitative estimate of drug-likeness (QED) is 0.695. The maximum Gasteiger partial charge on any atom is 0.111 e. The Balaban J connectivity index is 1.87. The molecule has 0 saturated heterocycles. The van der Waals surface area contributed by atoms with Crippen LogP contribution in [-0.2, 0) is 6.42 Å². The Morgan fingerprint density at radius 2 is 1.90 bits per heavy atom. The number of nitrogens with zero attached hydrogens (tertiary/aromatic N) is 1. The van der Waals surface area contributed by atoms with Crippen LogP contribution in [-0.4, -0.2) is 11.5 Å². The van der Waals surface area contributed by atoms with Crippen LogP contribution in [0.5, 0.6) is 0 Å². The van der Waals surface area contributed by atoms with E-state index in [2.05, 4.69) is 70.6 Å². The normalized spacial score (nSPS) is 12.7. The molecule has 1 heterocycles. The van der Waals surface area contributed by atoms with Gasteiger partial charge >= 0.3 is 0 Å². The van der Waals surface area contributed by atoms with Crippen LogP contribution in [0.1, 0.15) is 23.5 Å². The highest BCUT2D eigenvalue weighted by Crippen LogP contribution is 2.28. The first-order valence-electron chi connectivity index (χ1n) is 7.09. The van der Waals surface area contributed by atoms with Gasteiger partial charge in [0, 0.05) is 4.47 Å². The molecule has 0 aliphatic carbocycles. The van der Waals surface area contributed by atoms with Gasteiger partial charge in [0.25, 0.3) is 0 Å². The summed E-state index contributed by atoms with van der Waals surface area (Å²) in [6, 6.07) is 17.1. The number of para-hydroxylation sites is 1. The van der Waals surface area contributed by atoms with E-state index in [0.29, 0.717) is 0 Å². The first-order chi connectivity index (χ1) is 10.3. The van der Waals surface area contributed by atoms with Gasteiger partial charge in [0.2, 0.25) is 0 Å². The van der Waals surface area contributed by atoms with Crippen molar-refractivity contribution >= 4 is 37.5 Å². The molecule has 21 heavy (non-hydrogen) atoms. The molecule has 0 radical (unpaired) electrons. The molecule has 2 aromatic carbocycles. The Bertz CT molecular complexity index is 688. The highest BCUT2D eigenvalue weighted by molar-refractivity contribution is 9.10. The molecule has 0 aliphatic rings. The molecule has 1 aromatic heterocycles. The summed E-state index contributed by atoms with van der Waals surface area (Å²) in [6.45, 7) is 3.08. The molecule has 0 spiro atoms. The van der Waals surface area contributed by atoms with Crippen molar-refractivity contribution in [1.29, 1.82) is 0 Å². The molecule has 4 heteroatoms. The van der Waals surface area contributed by atoms with Gasteiger partial charge in [0.15, 0.2) is 0 Å². The lowest BCUT2D eigenvalue weighted by molar-refractivity contribution is 0.548. The molecule has 2 nitrogen and oxygen atoms in total. The standard InChI is InChI=1S/C17H17BrN2S/c1-2-19-15(11-12-7-9-13(18)10-8-12)17-20-14-5-3-4-6-16(14)21-17/h3-10,15,19H,2,11H2,1H3. The van der Waals surface area contributed by atoms with Gasteiger partial charge in [-0.3, -0.25) is 0 Å². The minimum Gasteiger partial charge on any atom is -0.308 e. The van der Waals surface area contributed by atoms with Crippen molar-refractivity contribution in [1.82, 2.24) is 10.3 Å². The molecular formula is C17H17BrN2S. The van der Waals surface area contributed by atoms with E-state index in [1.54, 1.807) is 11.3 Å². The van der Waals surface area contributed by atoms with Crippen LogP contribution in [0.4, 0.5) is 0 Å². The second-order valence-corrected chi connectivity index (χ2v) is 6.94. The first-order valence-corrected chi connectivity index (χ1v) is 8.70. The SMILES string of the molecule is CCNC(Cc1ccc(Br)cc1)c1nc2ccccc2s1. The van der Waals surface area contributed by atoms with Crippen molar-refractivity contribution in [2.45, 2.75) is 19.4 Å². The second kappa shape index (κ2) is 6.69. The summed E-state index contributed by atoms with van der Waals surface area (Å²) in [6.07, 6.45) is 0.959. The molecular weight excluding hydrogens is 344 g/mol. The Labute approximate surface area is 137 Å². The van der Waals surface area contributed by atoms with E-state index in [4.69, 9.17) is 4.98 Å². The average molecular weight is 361 g/mol. The minimum absolute atomic E-state index is 0.272. The van der Waals surface area contributed by atoms with Crippen molar-refractivity contribution in [3.8, 4) is 0 Å². The fraction of sp³-hybridized carbons (Fsp3) is 0.235. The molecule has 0 amide bonds. The van der Waals surface area contributed by atoms with Gasteiger partial charge in [-0.15, -0.1) is 11.3 Å². The third-order valence-electron chi connectivity index (χ3n) is 3.41. The van der Waals surface area contributed by atoms with Gasteiger partial charge in [-0.25, -0.2) is 4.98 Å². The van der Waals surface area contributed by atoms with E-state index in [9.17, 15) is 0 Å². The van der Waals surface area contributed by atoms with Gasteiger partial charge in [-0.2, -0.15) is 0 Å². The number of rotatable bonds is 5. The minimum atomic E-state index is 0.272. The molecule has 0 aliphatic heterocycles. The highest BCUT2D eigenvalue weighted by Gasteiger charge is 2.15. The number of halogens is 1. The van der Waals surface area contributed by atoms with Crippen molar-refractivity contribution in [2.24, 2.45) is 0 Å². The van der Waals surface area contributed by atoms with E-state index >= 15 is 0 Å². The van der Waals surface area contributed by atoms with Crippen molar-refractivity contribution in [3.63, 3.8) is 0 Å². The van der Waals surface area contributed by atoms with Crippen LogP contribution in [0.2, 0.25) is 0 Å². The number of likely N-dealkylation sites (N-methyl/N-ethyl adjacent to an activating group) is 1. The number of thiazole rings is 1. The Hall–Kier alpha value is -1.23. The number of hydrogen-bond acceptors (Lipinski definition) is 3. The van der Waals surface area contributed by atoms with Crippen LogP contribution in [0, 0.1) is 0 Å². The molecule has 0 saturated carbocycles. The molecule has 0 fully saturated rings. The number of aromatic nitrogens is 1. The van der Waals surface area contributed by atoms with Crippen molar-refractivity contribution in [3.05, 3.63) is 63.6 Å². The number of nitrogens with one attached hydrogen (secondary N) is 1. The van der Waals surface area contributed by atoms with Gasteiger partial charge in [-0.1, -0.05) is 47.1 Å². The van der Waals surface area contributed by atoms with Crippen LogP contribution in [0.3, 0.4) is 0 Å². The predicted molar refractivity (Wildman–Crippen MR) is 93.9 cm³/mol. The molecule has 1 unspecified atom stereocenters. The Kier molecular flexibility index (Phi) is 4.68. The summed E-state index contributed by atoms with van der Waals surface area (Å²) in [5, 5.41) is 4.73. The van der Waals surface area contributed by atoms with Gasteiger partial charge < -0.3 is 5.32 Å². The molecule has 3 rings (SSSR count). The van der Waals surface area contributed by atoms with Crippen LogP contribution in [0.15, 0.2) is 53.0 Å². The Morgan fingerprint density at radius 1 is 1.14 bits per heavy atom. The molecule has 3 aromatic rings. The average Bonchev–Trinajstić information content (AvgIpc) is 2.93. The number of hydrogen-bond donors (Lipinski definition) is 1. The summed E-state index contributed by atoms with van der Waals surface area (Å²) in [4.78, 5) is 4.79. The summed E-state index contributed by atoms with van der Waals surface area (Å²) < 4.78 is 2.37. The predicted octanol–water partition coefficient (Wildman–Crippen LogP) is 4.95. The van der Waals surface area contributed by atoms with Crippen molar-refractivity contribution < 1.29 is 0 Å². The van der Waals surface area contributed by atoms with Gasteiger partial charge in [-0.05, 0) is 42.8 Å². The van der Waals surface area contributed by atoms with Crippen molar-refractivity contribution in [2.75, 3.05) is 6.54 Å². The summed E-state index contributed by atoms with van der Waals surface area (Å²) in [5.74, 6) is 0. The number of fused-ring (bicyclic) bond motifs is 1. The second-order valence-electron chi connectivity index (χ2n) is 4.96. The zero-order valence-corrected chi connectivity index (χ0v) is 14.2. The van der Waals surface area contributed by atoms with E-state index in [1.807, 2.05) is 6.07 Å². The van der Waals surface area contributed by atoms with Gasteiger partial charge in [0.1, 0.15) is 5.01 Å². The lowest BCUT2D eigenvalue weighted by Crippen LogP contribution is -2.22. The third kappa shape index (κ3) is 3.51. The largest absolute Gasteiger partial charge is 0.308 e.